The second-order valence-corrected chi connectivity index (χ2v) is 24.5. The van der Waals surface area contributed by atoms with Gasteiger partial charge >= 0.3 is 0 Å². The third-order valence-corrected chi connectivity index (χ3v) is 19.2. The molecule has 6 saturated heterocycles. The van der Waals surface area contributed by atoms with E-state index in [1.807, 2.05) is 0 Å². The van der Waals surface area contributed by atoms with Gasteiger partial charge in [0.15, 0.2) is 0 Å². The van der Waals surface area contributed by atoms with Crippen molar-refractivity contribution in [2.75, 3.05) is 38.0 Å². The van der Waals surface area contributed by atoms with Crippen LogP contribution in [0.3, 0.4) is 0 Å². The van der Waals surface area contributed by atoms with Gasteiger partial charge in [0.25, 0.3) is 0 Å². The topological polar surface area (TPSA) is 60.1 Å². The molecule has 5 heteroatoms. The lowest BCUT2D eigenvalue weighted by molar-refractivity contribution is 0.176. The monoisotopic (exact) mass is 932 g/mol. The molecule has 4 unspecified atom stereocenters. The van der Waals surface area contributed by atoms with Crippen molar-refractivity contribution in [2.45, 2.75) is 255 Å². The van der Waals surface area contributed by atoms with Gasteiger partial charge in [-0.1, -0.05) is 158 Å². The molecule has 382 valence electrons. The summed E-state index contributed by atoms with van der Waals surface area (Å²) in [5, 5.41) is 17.1. The molecule has 0 aromatic heterocycles. The summed E-state index contributed by atoms with van der Waals surface area (Å²) in [6, 6.07) is 20.8. The molecule has 7 heterocycles. The molecule has 4 atom stereocenters. The van der Waals surface area contributed by atoms with E-state index in [2.05, 4.69) is 75.1 Å². The lowest BCUT2D eigenvalue weighted by Gasteiger charge is -2.36. The fraction of sp³-hybridized carbons (Fsp3) is 0.810. The van der Waals surface area contributed by atoms with E-state index < -0.39 is 0 Å². The van der Waals surface area contributed by atoms with E-state index in [0.717, 1.165) is 54.4 Å². The van der Waals surface area contributed by atoms with Crippen molar-refractivity contribution in [3.63, 3.8) is 0 Å². The highest BCUT2D eigenvalue weighted by atomic mass is 15.0. The van der Waals surface area contributed by atoms with Gasteiger partial charge in [0.1, 0.15) is 0 Å². The SMILES string of the molecule is C1CC2CC1CN2.C1CC2CCC(C1)N2.C1CC2CCC1C2.C1CC2CCC1CC2.C1CC2CCC1CN2.C1CCCCC1.C1CCNCC1.c1ccc2c(c1)CCC2.c1ccc2c(c1)CCN2. The highest BCUT2D eigenvalue weighted by Gasteiger charge is 2.32. The Morgan fingerprint density at radius 1 is 0.309 bits per heavy atom. The zero-order valence-corrected chi connectivity index (χ0v) is 43.9. The molecule has 9 aliphatic carbocycles. The Bertz CT molecular complexity index is 1330. The number of hydrogen-bond acceptors (Lipinski definition) is 5. The largest absolute Gasteiger partial charge is 0.384 e. The van der Waals surface area contributed by atoms with Gasteiger partial charge in [0.2, 0.25) is 0 Å². The Kier molecular flexibility index (Phi) is 23.3. The molecule has 16 aliphatic rings. The van der Waals surface area contributed by atoms with Crippen LogP contribution >= 0.6 is 0 Å². The number of hydrogen-bond donors (Lipinski definition) is 5. The zero-order valence-electron chi connectivity index (χ0n) is 43.9. The summed E-state index contributed by atoms with van der Waals surface area (Å²) in [6.45, 7) is 6.23. The summed E-state index contributed by atoms with van der Waals surface area (Å²) < 4.78 is 0. The van der Waals surface area contributed by atoms with Crippen molar-refractivity contribution in [1.82, 2.24) is 21.3 Å². The summed E-state index contributed by atoms with van der Waals surface area (Å²) in [6.07, 6.45) is 53.1. The van der Waals surface area contributed by atoms with Crippen LogP contribution in [0.5, 0.6) is 0 Å². The molecule has 10 bridgehead atoms. The van der Waals surface area contributed by atoms with Crippen LogP contribution in [-0.2, 0) is 19.3 Å². The molecular formula is C63H105N5. The molecule has 2 aromatic rings. The van der Waals surface area contributed by atoms with E-state index in [9.17, 15) is 0 Å². The fourth-order valence-electron chi connectivity index (χ4n) is 14.7. The number of nitrogens with one attached hydrogen (secondary N) is 5. The normalized spacial score (nSPS) is 34.0. The maximum atomic E-state index is 3.59. The average Bonchev–Trinajstić information content (AvgIpc) is 4.33. The Morgan fingerprint density at radius 3 is 1.09 bits per heavy atom. The summed E-state index contributed by atoms with van der Waals surface area (Å²) >= 11 is 0. The first kappa shape index (κ1) is 52.4. The van der Waals surface area contributed by atoms with Gasteiger partial charge in [0.05, 0.1) is 0 Å². The molecule has 5 nitrogen and oxygen atoms in total. The van der Waals surface area contributed by atoms with Crippen molar-refractivity contribution in [3.8, 4) is 0 Å². The zero-order chi connectivity index (χ0) is 46.3. The van der Waals surface area contributed by atoms with Gasteiger partial charge in [-0.05, 0) is 200 Å². The first-order valence-electron chi connectivity index (χ1n) is 30.5. The van der Waals surface area contributed by atoms with Crippen molar-refractivity contribution >= 4 is 5.69 Å². The predicted molar refractivity (Wildman–Crippen MR) is 293 cm³/mol. The van der Waals surface area contributed by atoms with Crippen molar-refractivity contribution in [1.29, 1.82) is 0 Å². The van der Waals surface area contributed by atoms with Crippen molar-refractivity contribution in [3.05, 3.63) is 65.2 Å². The Morgan fingerprint density at radius 2 is 0.765 bits per heavy atom. The van der Waals surface area contributed by atoms with Crippen molar-refractivity contribution < 1.29 is 0 Å². The van der Waals surface area contributed by atoms with Crippen LogP contribution in [0.15, 0.2) is 48.5 Å². The molecule has 0 amide bonds. The number of piperidine rings is 5. The van der Waals surface area contributed by atoms with Crippen LogP contribution in [0.4, 0.5) is 5.69 Å². The number of rotatable bonds is 0. The molecule has 68 heavy (non-hydrogen) atoms. The van der Waals surface area contributed by atoms with E-state index in [0.29, 0.717) is 0 Å². The number of fused-ring (bicyclic) bond motifs is 14. The van der Waals surface area contributed by atoms with E-state index in [1.165, 1.54) is 210 Å². The number of aryl methyl sites for hydroxylation is 2. The maximum Gasteiger partial charge on any atom is 0.0373 e. The van der Waals surface area contributed by atoms with Gasteiger partial charge in [-0.3, -0.25) is 0 Å². The third-order valence-electron chi connectivity index (χ3n) is 19.2. The van der Waals surface area contributed by atoms with E-state index in [-0.39, 0.29) is 0 Å². The van der Waals surface area contributed by atoms with Crippen LogP contribution < -0.4 is 26.6 Å². The van der Waals surface area contributed by atoms with Crippen LogP contribution in [0.25, 0.3) is 0 Å². The van der Waals surface area contributed by atoms with E-state index in [4.69, 9.17) is 0 Å². The lowest BCUT2D eigenvalue weighted by Crippen LogP contribution is -2.44. The number of anilines is 1. The minimum absolute atomic E-state index is 0.903. The summed E-state index contributed by atoms with van der Waals surface area (Å²) in [4.78, 5) is 0. The quantitative estimate of drug-likeness (QED) is 0.182. The van der Waals surface area contributed by atoms with Crippen LogP contribution in [-0.4, -0.2) is 56.9 Å². The smallest absolute Gasteiger partial charge is 0.0373 e. The maximum absolute atomic E-state index is 3.59. The third kappa shape index (κ3) is 18.6. The Balaban J connectivity index is 0.000000104. The molecule has 7 aliphatic heterocycles. The molecule has 5 N–H and O–H groups in total. The summed E-state index contributed by atoms with van der Waals surface area (Å²) in [7, 11) is 0. The Labute approximate surface area is 419 Å². The molecule has 8 saturated carbocycles. The van der Waals surface area contributed by atoms with Crippen LogP contribution in [0.2, 0.25) is 0 Å². The average molecular weight is 933 g/mol. The molecule has 0 spiro atoms. The molecule has 18 rings (SSSR count). The van der Waals surface area contributed by atoms with Crippen LogP contribution in [0, 0.1) is 35.5 Å². The van der Waals surface area contributed by atoms with Gasteiger partial charge in [-0.15, -0.1) is 0 Å². The standard InChI is InChI=1S/C9H10.C8H9N.C8H14.2C7H13N.C7H12.C6H11N.C6H12.C5H11N/c1-2-5-9-7-3-6-8(9)4-1;1-2-4-8-7(3-1)5-6-9-8;1-2-8-5-3-7(1)4-6-8;1-3-7-4-2-6(1)5-8-7;1-2-6-4-5-7(3-1)8-6;1-2-7-4-3-6(1)5-7;1-2-6-3-5(1)4-7-6;2*1-2-4-6-5-3-1/h1-2,4-5H,3,6-7H2;1-4,9H,5-6H2;7-8H,1-6H2;2*6-8H,1-5H2;6-7H,1-5H2;5-7H,1-4H2;1-6H2;6H,1-5H2. The molecular weight excluding hydrogens is 827 g/mol. The summed E-state index contributed by atoms with van der Waals surface area (Å²) in [5.74, 6) is 6.75. The van der Waals surface area contributed by atoms with Crippen molar-refractivity contribution in [2.24, 2.45) is 35.5 Å². The lowest BCUT2D eigenvalue weighted by atomic mass is 9.71. The molecule has 2 aromatic carbocycles. The van der Waals surface area contributed by atoms with Gasteiger partial charge in [0, 0.05) is 36.4 Å². The van der Waals surface area contributed by atoms with Gasteiger partial charge in [-0.25, -0.2) is 0 Å². The van der Waals surface area contributed by atoms with E-state index in [1.54, 1.807) is 81.8 Å². The highest BCUT2D eigenvalue weighted by molar-refractivity contribution is 5.54. The number of benzene rings is 2. The Hall–Kier alpha value is -1.92. The minimum Gasteiger partial charge on any atom is -0.384 e. The van der Waals surface area contributed by atoms with E-state index >= 15 is 0 Å². The first-order valence-corrected chi connectivity index (χ1v) is 30.5. The molecule has 0 radical (unpaired) electrons. The predicted octanol–water partition coefficient (Wildman–Crippen LogP) is 14.9. The van der Waals surface area contributed by atoms with Gasteiger partial charge < -0.3 is 26.6 Å². The summed E-state index contributed by atoms with van der Waals surface area (Å²) in [5.41, 5.74) is 5.91. The fourth-order valence-corrected chi connectivity index (χ4v) is 14.7. The number of para-hydroxylation sites is 1. The van der Waals surface area contributed by atoms with Gasteiger partial charge in [-0.2, -0.15) is 0 Å². The minimum atomic E-state index is 0.903. The highest BCUT2D eigenvalue weighted by Crippen LogP contribution is 2.44. The second kappa shape index (κ2) is 30.2. The second-order valence-electron chi connectivity index (χ2n) is 24.5. The first-order chi connectivity index (χ1) is 33.7. The van der Waals surface area contributed by atoms with Crippen LogP contribution in [0.1, 0.15) is 229 Å². The molecule has 14 fully saturated rings.